The fourth-order valence-electron chi connectivity index (χ4n) is 5.60. The van der Waals surface area contributed by atoms with Crippen LogP contribution in [0.4, 0.5) is 0 Å². The number of aromatic nitrogens is 3. The summed E-state index contributed by atoms with van der Waals surface area (Å²) in [7, 11) is 0. The van der Waals surface area contributed by atoms with Gasteiger partial charge in [-0.3, -0.25) is 9.59 Å². The van der Waals surface area contributed by atoms with Gasteiger partial charge in [0, 0.05) is 35.7 Å². The van der Waals surface area contributed by atoms with Crippen LogP contribution in [0, 0.1) is 6.92 Å². The molecule has 0 radical (unpaired) electrons. The van der Waals surface area contributed by atoms with Gasteiger partial charge in [0.2, 0.25) is 5.91 Å². The highest BCUT2D eigenvalue weighted by Crippen LogP contribution is 2.42. The molecule has 172 valence electrons. The summed E-state index contributed by atoms with van der Waals surface area (Å²) >= 11 is 0. The van der Waals surface area contributed by atoms with Crippen LogP contribution in [0.1, 0.15) is 94.4 Å². The van der Waals surface area contributed by atoms with E-state index in [1.807, 2.05) is 13.0 Å². The molecule has 0 spiro atoms. The molecule has 5 rings (SSSR count). The summed E-state index contributed by atoms with van der Waals surface area (Å²) in [6.45, 7) is 1.89. The van der Waals surface area contributed by atoms with Crippen molar-refractivity contribution < 1.29 is 9.32 Å². The number of carbonyl (C=O) groups excluding carboxylic acids is 1. The van der Waals surface area contributed by atoms with Crippen molar-refractivity contribution >= 4 is 5.91 Å². The third-order valence-corrected chi connectivity index (χ3v) is 7.39. The molecule has 2 heterocycles. The van der Waals surface area contributed by atoms with Crippen molar-refractivity contribution in [1.29, 1.82) is 0 Å². The second-order valence-electron chi connectivity index (χ2n) is 9.93. The Morgan fingerprint density at radius 2 is 1.62 bits per heavy atom. The molecule has 3 aliphatic rings. The molecule has 0 atom stereocenters. The first kappa shape index (κ1) is 21.4. The number of hydrogen-bond donors (Lipinski definition) is 0. The molecule has 7 heteroatoms. The summed E-state index contributed by atoms with van der Waals surface area (Å²) in [6.07, 6.45) is 13.7. The summed E-state index contributed by atoms with van der Waals surface area (Å²) < 4.78 is 6.82. The number of carbonyl (C=O) groups is 1. The fraction of sp³-hybridized carbons (Fsp3) is 0.680. The zero-order chi connectivity index (χ0) is 22.1. The Bertz CT molecular complexity index is 992. The zero-order valence-corrected chi connectivity index (χ0v) is 19.1. The summed E-state index contributed by atoms with van der Waals surface area (Å²) in [5.74, 6) is 0.965. The van der Waals surface area contributed by atoms with E-state index in [9.17, 15) is 9.59 Å². The first-order valence-corrected chi connectivity index (χ1v) is 12.5. The maximum Gasteiger partial charge on any atom is 0.267 e. The Morgan fingerprint density at radius 3 is 2.16 bits per heavy atom. The fourth-order valence-corrected chi connectivity index (χ4v) is 5.60. The van der Waals surface area contributed by atoms with E-state index in [1.54, 1.807) is 6.07 Å². The lowest BCUT2D eigenvalue weighted by Crippen LogP contribution is -2.50. The van der Waals surface area contributed by atoms with Gasteiger partial charge in [-0.2, -0.15) is 5.10 Å². The smallest absolute Gasteiger partial charge is 0.267 e. The van der Waals surface area contributed by atoms with E-state index in [4.69, 9.17) is 9.62 Å². The van der Waals surface area contributed by atoms with Gasteiger partial charge in [-0.15, -0.1) is 0 Å². The van der Waals surface area contributed by atoms with Crippen molar-refractivity contribution in [3.63, 3.8) is 0 Å². The minimum absolute atomic E-state index is 0.0290. The van der Waals surface area contributed by atoms with Gasteiger partial charge in [0.05, 0.1) is 11.4 Å². The van der Waals surface area contributed by atoms with E-state index in [0.717, 1.165) is 55.5 Å². The van der Waals surface area contributed by atoms with Gasteiger partial charge >= 0.3 is 0 Å². The number of hydrogen-bond acceptors (Lipinski definition) is 5. The second-order valence-corrected chi connectivity index (χ2v) is 9.93. The SMILES string of the molecule is Cc1cc(-c2cc(=O)n(CC(=O)N(C3CCCCC3)C3CCCCC3)nc2C2CC2)on1. The van der Waals surface area contributed by atoms with Gasteiger partial charge in [-0.1, -0.05) is 43.7 Å². The molecule has 0 N–H and O–H groups in total. The van der Waals surface area contributed by atoms with E-state index in [0.29, 0.717) is 23.8 Å². The van der Waals surface area contributed by atoms with Crippen LogP contribution in [0.15, 0.2) is 21.5 Å². The van der Waals surface area contributed by atoms with Crippen LogP contribution in [0.3, 0.4) is 0 Å². The number of aryl methyl sites for hydroxylation is 1. The predicted molar refractivity (Wildman–Crippen MR) is 121 cm³/mol. The van der Waals surface area contributed by atoms with Crippen molar-refractivity contribution in [2.75, 3.05) is 0 Å². The first-order chi connectivity index (χ1) is 15.6. The molecule has 0 bridgehead atoms. The summed E-state index contributed by atoms with van der Waals surface area (Å²) in [4.78, 5) is 28.8. The van der Waals surface area contributed by atoms with Crippen LogP contribution in [-0.2, 0) is 11.3 Å². The van der Waals surface area contributed by atoms with Crippen LogP contribution < -0.4 is 5.56 Å². The van der Waals surface area contributed by atoms with E-state index >= 15 is 0 Å². The molecule has 2 aromatic rings. The Labute approximate surface area is 189 Å². The summed E-state index contributed by atoms with van der Waals surface area (Å²) in [5, 5.41) is 8.67. The third-order valence-electron chi connectivity index (χ3n) is 7.39. The minimum atomic E-state index is -0.251. The highest BCUT2D eigenvalue weighted by atomic mass is 16.5. The molecule has 3 aliphatic carbocycles. The van der Waals surface area contributed by atoms with E-state index in [2.05, 4.69) is 10.1 Å². The highest BCUT2D eigenvalue weighted by molar-refractivity contribution is 5.76. The Morgan fingerprint density at radius 1 is 1.00 bits per heavy atom. The van der Waals surface area contributed by atoms with Gasteiger partial charge in [0.25, 0.3) is 5.56 Å². The average molecular weight is 439 g/mol. The van der Waals surface area contributed by atoms with Crippen LogP contribution >= 0.6 is 0 Å². The molecule has 3 saturated carbocycles. The number of rotatable bonds is 6. The van der Waals surface area contributed by atoms with Crippen molar-refractivity contribution in [2.45, 2.75) is 109 Å². The summed E-state index contributed by atoms with van der Waals surface area (Å²) in [6, 6.07) is 4.05. The Kier molecular flexibility index (Phi) is 6.15. The van der Waals surface area contributed by atoms with E-state index in [1.165, 1.54) is 43.2 Å². The van der Waals surface area contributed by atoms with Crippen LogP contribution in [0.25, 0.3) is 11.3 Å². The molecule has 0 saturated heterocycles. The lowest BCUT2D eigenvalue weighted by atomic mass is 9.88. The number of nitrogens with zero attached hydrogens (tertiary/aromatic N) is 4. The maximum absolute atomic E-state index is 13.6. The van der Waals surface area contributed by atoms with Crippen LogP contribution in [0.5, 0.6) is 0 Å². The maximum atomic E-state index is 13.6. The van der Waals surface area contributed by atoms with Crippen molar-refractivity contribution in [3.8, 4) is 11.3 Å². The van der Waals surface area contributed by atoms with Gasteiger partial charge in [-0.25, -0.2) is 4.68 Å². The average Bonchev–Trinajstić information content (AvgIpc) is 3.56. The van der Waals surface area contributed by atoms with Crippen LogP contribution in [-0.4, -0.2) is 37.8 Å². The molecule has 0 aliphatic heterocycles. The minimum Gasteiger partial charge on any atom is -0.356 e. The lowest BCUT2D eigenvalue weighted by molar-refractivity contribution is -0.139. The Balaban J connectivity index is 1.43. The highest BCUT2D eigenvalue weighted by Gasteiger charge is 2.34. The predicted octanol–water partition coefficient (Wildman–Crippen LogP) is 4.58. The van der Waals surface area contributed by atoms with Gasteiger partial charge in [0.15, 0.2) is 5.76 Å². The molecule has 0 aromatic carbocycles. The number of amides is 1. The summed E-state index contributed by atoms with van der Waals surface area (Å²) in [5.41, 5.74) is 2.10. The molecular formula is C25H34N4O3. The molecule has 0 unspecified atom stereocenters. The van der Waals surface area contributed by atoms with E-state index < -0.39 is 0 Å². The van der Waals surface area contributed by atoms with E-state index in [-0.39, 0.29) is 18.0 Å². The Hall–Kier alpha value is -2.44. The molecule has 32 heavy (non-hydrogen) atoms. The molecule has 3 fully saturated rings. The quantitative estimate of drug-likeness (QED) is 0.659. The largest absolute Gasteiger partial charge is 0.356 e. The van der Waals surface area contributed by atoms with Crippen molar-refractivity contribution in [2.24, 2.45) is 0 Å². The molecule has 1 amide bonds. The molecule has 7 nitrogen and oxygen atoms in total. The van der Waals surface area contributed by atoms with Crippen molar-refractivity contribution in [1.82, 2.24) is 19.8 Å². The topological polar surface area (TPSA) is 81.2 Å². The molecular weight excluding hydrogens is 404 g/mol. The zero-order valence-electron chi connectivity index (χ0n) is 19.1. The normalized spacial score (nSPS) is 20.4. The van der Waals surface area contributed by atoms with Gasteiger partial charge in [-0.05, 0) is 45.4 Å². The van der Waals surface area contributed by atoms with Crippen LogP contribution in [0.2, 0.25) is 0 Å². The lowest BCUT2D eigenvalue weighted by Gasteiger charge is -2.41. The monoisotopic (exact) mass is 438 g/mol. The molecule has 2 aromatic heterocycles. The van der Waals surface area contributed by atoms with Gasteiger partial charge in [0.1, 0.15) is 6.54 Å². The first-order valence-electron chi connectivity index (χ1n) is 12.5. The van der Waals surface area contributed by atoms with Gasteiger partial charge < -0.3 is 9.42 Å². The third kappa shape index (κ3) is 4.52. The standard InChI is InChI=1S/C25H34N4O3/c1-17-14-22(32-27-17)21-15-23(30)28(26-25(21)18-12-13-18)16-24(31)29(19-8-4-2-5-9-19)20-10-6-3-7-11-20/h14-15,18-20H,2-13,16H2,1H3. The second kappa shape index (κ2) is 9.20. The van der Waals surface area contributed by atoms with Crippen molar-refractivity contribution in [3.05, 3.63) is 33.9 Å².